The minimum absolute atomic E-state index is 0.0597. The molecule has 2 unspecified atom stereocenters. The maximum atomic E-state index is 13.6. The molecule has 0 aromatic heterocycles. The van der Waals surface area contributed by atoms with Gasteiger partial charge in [0.15, 0.2) is 0 Å². The zero-order valence-corrected chi connectivity index (χ0v) is 25.7. The maximum Gasteiger partial charge on any atom is 0.316 e. The number of Topliss-reactive ketones (excluding diaryl/α,β-unsaturated/α-hetero) is 1. The van der Waals surface area contributed by atoms with E-state index < -0.39 is 35.2 Å². The van der Waals surface area contributed by atoms with Crippen LogP contribution in [0.25, 0.3) is 0 Å². The molecule has 0 heterocycles. The van der Waals surface area contributed by atoms with Crippen LogP contribution in [0.3, 0.4) is 0 Å². The van der Waals surface area contributed by atoms with Gasteiger partial charge in [-0.05, 0) is 69.1 Å². The summed E-state index contributed by atoms with van der Waals surface area (Å²) in [6.45, 7) is 14.1. The monoisotopic (exact) mass is 578 g/mol. The topological polar surface area (TPSA) is 139 Å². The Morgan fingerprint density at radius 2 is 1.93 bits per heavy atom. The first-order valence-electron chi connectivity index (χ1n) is 15.1. The number of carbonyl (C=O) groups excluding carboxylic acids is 3. The van der Waals surface area contributed by atoms with Gasteiger partial charge < -0.3 is 26.0 Å². The summed E-state index contributed by atoms with van der Waals surface area (Å²) in [5, 5.41) is 25.0. The molecule has 5 N–H and O–H groups in total. The zero-order chi connectivity index (χ0) is 29.6. The molecule has 226 valence electrons. The predicted molar refractivity (Wildman–Crippen MR) is 156 cm³/mol. The van der Waals surface area contributed by atoms with E-state index in [9.17, 15) is 24.6 Å². The Morgan fingerprint density at radius 1 is 1.23 bits per heavy atom. The molecule has 0 radical (unpaired) electrons. The lowest BCUT2D eigenvalue weighted by Crippen LogP contribution is -2.63. The smallest absolute Gasteiger partial charge is 0.316 e. The first kappa shape index (κ1) is 31.5. The number of nitrogens with one attached hydrogen (secondary N) is 1. The zero-order valence-electron chi connectivity index (χ0n) is 24.9. The number of carbonyl (C=O) groups is 3. The van der Waals surface area contributed by atoms with Crippen molar-refractivity contribution in [1.82, 2.24) is 5.32 Å². The van der Waals surface area contributed by atoms with Crippen molar-refractivity contribution in [3.8, 4) is 0 Å². The van der Waals surface area contributed by atoms with Gasteiger partial charge in [-0.25, -0.2) is 0 Å². The van der Waals surface area contributed by atoms with E-state index in [1.54, 1.807) is 13.0 Å². The summed E-state index contributed by atoms with van der Waals surface area (Å²) >= 11 is 1.36. The van der Waals surface area contributed by atoms with Gasteiger partial charge in [0.2, 0.25) is 5.91 Å². The first-order valence-corrected chi connectivity index (χ1v) is 16.1. The molecule has 4 fully saturated rings. The number of aliphatic hydroxyl groups is 2. The summed E-state index contributed by atoms with van der Waals surface area (Å²) < 4.78 is 6.33. The highest BCUT2D eigenvalue weighted by Crippen LogP contribution is 2.68. The number of hydrogen-bond acceptors (Lipinski definition) is 8. The van der Waals surface area contributed by atoms with Crippen molar-refractivity contribution in [3.63, 3.8) is 0 Å². The van der Waals surface area contributed by atoms with E-state index in [1.807, 2.05) is 6.92 Å². The van der Waals surface area contributed by atoms with Crippen LogP contribution in [0.15, 0.2) is 12.7 Å². The van der Waals surface area contributed by atoms with Crippen LogP contribution < -0.4 is 11.1 Å². The second kappa shape index (κ2) is 11.7. The quantitative estimate of drug-likeness (QED) is 0.266. The van der Waals surface area contributed by atoms with Crippen molar-refractivity contribution in [1.29, 1.82) is 0 Å². The average molecular weight is 579 g/mol. The van der Waals surface area contributed by atoms with Crippen molar-refractivity contribution in [2.75, 3.05) is 5.75 Å². The summed E-state index contributed by atoms with van der Waals surface area (Å²) in [6, 6.07) is -0.699. The summed E-state index contributed by atoms with van der Waals surface area (Å²) in [6.07, 6.45) is 5.21. The molecular weight excluding hydrogens is 528 g/mol. The van der Waals surface area contributed by atoms with Gasteiger partial charge >= 0.3 is 5.97 Å². The Balaban J connectivity index is 1.54. The van der Waals surface area contributed by atoms with Crippen molar-refractivity contribution < 1.29 is 29.3 Å². The Bertz CT molecular complexity index is 1010. The minimum Gasteiger partial charge on any atom is -0.461 e. The Labute approximate surface area is 243 Å². The number of ether oxygens (including phenoxy) is 1. The van der Waals surface area contributed by atoms with E-state index in [0.29, 0.717) is 32.1 Å². The number of nitrogens with two attached hydrogens (primary N) is 1. The SMILES string of the molecule is C=C[C@]1(C)C[C@@H](OC(=O)CS[C@@H]2C[C@H](NC(=O)[C@H](C)N)CC[C@@H]2O)[C@]2(C)C(C)CCC3(CCC(=O)[C@H]32)[C@@H](C)[C@@H]1O. The van der Waals surface area contributed by atoms with Crippen LogP contribution in [-0.4, -0.2) is 69.3 Å². The predicted octanol–water partition coefficient (Wildman–Crippen LogP) is 3.37. The van der Waals surface area contributed by atoms with Gasteiger partial charge in [0.1, 0.15) is 11.9 Å². The highest BCUT2D eigenvalue weighted by atomic mass is 32.2. The second-order valence-corrected chi connectivity index (χ2v) is 15.0. The van der Waals surface area contributed by atoms with Crippen LogP contribution in [0.5, 0.6) is 0 Å². The number of ketones is 1. The lowest BCUT2D eigenvalue weighted by Gasteiger charge is -2.61. The van der Waals surface area contributed by atoms with Gasteiger partial charge in [-0.3, -0.25) is 14.4 Å². The molecule has 0 aromatic rings. The molecule has 0 aliphatic heterocycles. The Kier molecular flexibility index (Phi) is 9.21. The van der Waals surface area contributed by atoms with Crippen LogP contribution in [0.2, 0.25) is 0 Å². The molecule has 8 nitrogen and oxygen atoms in total. The number of hydrogen-bond donors (Lipinski definition) is 4. The number of aliphatic hydroxyl groups excluding tert-OH is 2. The lowest BCUT2D eigenvalue weighted by molar-refractivity contribution is -0.205. The lowest BCUT2D eigenvalue weighted by atomic mass is 9.44. The summed E-state index contributed by atoms with van der Waals surface area (Å²) in [5.41, 5.74) is 4.15. The van der Waals surface area contributed by atoms with Crippen molar-refractivity contribution in [3.05, 3.63) is 12.7 Å². The van der Waals surface area contributed by atoms with Crippen LogP contribution >= 0.6 is 11.8 Å². The molecular formula is C31H50N2O6S. The summed E-state index contributed by atoms with van der Waals surface area (Å²) in [4.78, 5) is 39.1. The summed E-state index contributed by atoms with van der Waals surface area (Å²) in [5.74, 6) is -0.474. The fourth-order valence-electron chi connectivity index (χ4n) is 8.63. The van der Waals surface area contributed by atoms with Crippen LogP contribution in [0.4, 0.5) is 0 Å². The third-order valence-corrected chi connectivity index (χ3v) is 12.8. The van der Waals surface area contributed by atoms with Crippen molar-refractivity contribution in [2.24, 2.45) is 39.7 Å². The largest absolute Gasteiger partial charge is 0.461 e. The summed E-state index contributed by atoms with van der Waals surface area (Å²) in [7, 11) is 0. The van der Waals surface area contributed by atoms with E-state index in [2.05, 4.69) is 32.7 Å². The van der Waals surface area contributed by atoms with E-state index in [-0.39, 0.29) is 57.9 Å². The van der Waals surface area contributed by atoms with Crippen LogP contribution in [0.1, 0.15) is 86.0 Å². The molecule has 4 aliphatic rings. The van der Waals surface area contributed by atoms with Crippen LogP contribution in [-0.2, 0) is 19.1 Å². The van der Waals surface area contributed by atoms with Gasteiger partial charge in [0, 0.05) is 34.5 Å². The fraction of sp³-hybridized carbons (Fsp3) is 0.839. The molecule has 40 heavy (non-hydrogen) atoms. The van der Waals surface area contributed by atoms with E-state index >= 15 is 0 Å². The Morgan fingerprint density at radius 3 is 2.58 bits per heavy atom. The molecule has 0 saturated heterocycles. The molecule has 1 amide bonds. The van der Waals surface area contributed by atoms with Crippen molar-refractivity contribution >= 4 is 29.4 Å². The molecule has 4 rings (SSSR count). The van der Waals surface area contributed by atoms with E-state index in [1.165, 1.54) is 11.8 Å². The Hall–Kier alpha value is -1.42. The third kappa shape index (κ3) is 5.40. The molecule has 9 heteroatoms. The third-order valence-electron chi connectivity index (χ3n) is 11.5. The van der Waals surface area contributed by atoms with Gasteiger partial charge in [-0.2, -0.15) is 0 Å². The molecule has 0 aromatic carbocycles. The normalized spacial score (nSPS) is 46.0. The molecule has 4 saturated carbocycles. The maximum absolute atomic E-state index is 13.6. The number of amides is 1. The highest BCUT2D eigenvalue weighted by Gasteiger charge is 2.68. The molecule has 4 aliphatic carbocycles. The fourth-order valence-corrected chi connectivity index (χ4v) is 9.77. The average Bonchev–Trinajstić information content (AvgIpc) is 3.27. The first-order chi connectivity index (χ1) is 18.7. The highest BCUT2D eigenvalue weighted by molar-refractivity contribution is 8.00. The van der Waals surface area contributed by atoms with E-state index in [0.717, 1.165) is 19.3 Å². The van der Waals surface area contributed by atoms with Crippen LogP contribution in [0, 0.1) is 34.0 Å². The van der Waals surface area contributed by atoms with Gasteiger partial charge in [0.05, 0.1) is 24.0 Å². The number of rotatable bonds is 7. The van der Waals surface area contributed by atoms with Gasteiger partial charge in [-0.1, -0.05) is 33.8 Å². The molecule has 0 spiro atoms. The second-order valence-electron chi connectivity index (χ2n) is 13.8. The molecule has 12 atom stereocenters. The van der Waals surface area contributed by atoms with Crippen molar-refractivity contribution in [2.45, 2.75) is 122 Å². The van der Waals surface area contributed by atoms with Gasteiger partial charge in [-0.15, -0.1) is 18.3 Å². The molecule has 2 bridgehead atoms. The number of esters is 1. The minimum atomic E-state index is -0.701. The van der Waals surface area contributed by atoms with E-state index in [4.69, 9.17) is 10.5 Å². The standard InChI is InChI=1S/C31H50N2O6S/c1-7-29(5)15-24(30(6)17(2)10-12-31(18(3)27(29)37)13-11-22(35)26(30)31)39-25(36)16-40-23-14-20(8-9-21(23)34)33-28(38)19(4)32/h7,17-21,23-24,26-27,34,37H,1,8-16,32H2,2-6H3,(H,33,38)/t17?,18-,19-,20+,21-,23+,24+,26-,27-,29+,30-,31?/m0/s1. The number of thioether (sulfide) groups is 1. The van der Waals surface area contributed by atoms with Gasteiger partial charge in [0.25, 0.3) is 0 Å².